The molecule has 0 fully saturated rings. The van der Waals surface area contributed by atoms with Crippen LogP contribution in [0.4, 0.5) is 10.2 Å². The Morgan fingerprint density at radius 2 is 2.11 bits per heavy atom. The molecule has 96 valence electrons. The first-order valence-electron chi connectivity index (χ1n) is 5.62. The molecule has 0 unspecified atom stereocenters. The summed E-state index contributed by atoms with van der Waals surface area (Å²) >= 11 is 0. The smallest absolute Gasteiger partial charge is 0.229 e. The number of hydrogen-bond donors (Lipinski definition) is 1. The summed E-state index contributed by atoms with van der Waals surface area (Å²) in [7, 11) is 0. The number of carbonyl (C=O) groups is 1. The Labute approximate surface area is 109 Å². The normalized spacial score (nSPS) is 9.89. The average Bonchev–Trinajstić information content (AvgIpc) is 2.80. The van der Waals surface area contributed by atoms with E-state index in [1.165, 1.54) is 16.8 Å². The molecule has 5 nitrogen and oxygen atoms in total. The summed E-state index contributed by atoms with van der Waals surface area (Å²) < 4.78 is 14.1. The quantitative estimate of drug-likeness (QED) is 0.907. The molecule has 0 aliphatic carbocycles. The van der Waals surface area contributed by atoms with Crippen molar-refractivity contribution in [2.75, 3.05) is 5.32 Å². The van der Waals surface area contributed by atoms with Crippen molar-refractivity contribution in [2.45, 2.75) is 13.0 Å². The summed E-state index contributed by atoms with van der Waals surface area (Å²) in [5.74, 6) is -0.185. The van der Waals surface area contributed by atoms with Gasteiger partial charge in [-0.1, -0.05) is 12.1 Å². The minimum absolute atomic E-state index is 0.133. The second kappa shape index (κ2) is 5.78. The molecular formula is C13H11FN4O. The fraction of sp³-hybridized carbons (Fsp3) is 0.154. The third-order valence-corrected chi connectivity index (χ3v) is 2.42. The fourth-order valence-electron chi connectivity index (χ4n) is 1.56. The average molecular weight is 258 g/mol. The monoisotopic (exact) mass is 258 g/mol. The maximum absolute atomic E-state index is 12.7. The minimum Gasteiger partial charge on any atom is -0.309 e. The van der Waals surface area contributed by atoms with Gasteiger partial charge in [-0.25, -0.2) is 4.39 Å². The molecule has 0 atom stereocenters. The highest BCUT2D eigenvalue weighted by molar-refractivity contribution is 5.91. The van der Waals surface area contributed by atoms with Crippen LogP contribution in [-0.2, 0) is 17.8 Å². The molecular weight excluding hydrogens is 247 g/mol. The Kier molecular flexibility index (Phi) is 3.88. The van der Waals surface area contributed by atoms with Gasteiger partial charge in [-0.2, -0.15) is 10.4 Å². The van der Waals surface area contributed by atoms with Crippen LogP contribution in [0.2, 0.25) is 0 Å². The van der Waals surface area contributed by atoms with E-state index in [2.05, 4.69) is 10.4 Å². The van der Waals surface area contributed by atoms with E-state index in [1.807, 2.05) is 6.07 Å². The predicted octanol–water partition coefficient (Wildman–Crippen LogP) is 1.73. The molecule has 0 bridgehead atoms. The molecule has 1 heterocycles. The second-order valence-electron chi connectivity index (χ2n) is 3.91. The van der Waals surface area contributed by atoms with E-state index in [9.17, 15) is 9.18 Å². The summed E-state index contributed by atoms with van der Waals surface area (Å²) in [6.45, 7) is 0.133. The van der Waals surface area contributed by atoms with Crippen LogP contribution in [0.5, 0.6) is 0 Å². The lowest BCUT2D eigenvalue weighted by atomic mass is 10.1. The maximum Gasteiger partial charge on any atom is 0.229 e. The molecule has 1 N–H and O–H groups in total. The van der Waals surface area contributed by atoms with Gasteiger partial charge in [0, 0.05) is 12.3 Å². The molecule has 6 heteroatoms. The number of rotatable bonds is 4. The van der Waals surface area contributed by atoms with E-state index in [4.69, 9.17) is 5.26 Å². The highest BCUT2D eigenvalue weighted by Gasteiger charge is 2.06. The predicted molar refractivity (Wildman–Crippen MR) is 66.6 cm³/mol. The fourth-order valence-corrected chi connectivity index (χ4v) is 1.56. The van der Waals surface area contributed by atoms with Gasteiger partial charge in [0.25, 0.3) is 0 Å². The summed E-state index contributed by atoms with van der Waals surface area (Å²) in [5, 5.41) is 15.1. The van der Waals surface area contributed by atoms with Crippen LogP contribution >= 0.6 is 0 Å². The molecule has 1 amide bonds. The van der Waals surface area contributed by atoms with Gasteiger partial charge in [-0.3, -0.25) is 9.48 Å². The van der Waals surface area contributed by atoms with Gasteiger partial charge < -0.3 is 5.32 Å². The molecule has 0 spiro atoms. The first-order valence-corrected chi connectivity index (χ1v) is 5.62. The number of carbonyl (C=O) groups excluding carboxylic acids is 1. The number of nitrogens with one attached hydrogen (secondary N) is 1. The number of halogens is 1. The number of nitriles is 1. The van der Waals surface area contributed by atoms with Crippen LogP contribution in [-0.4, -0.2) is 15.7 Å². The van der Waals surface area contributed by atoms with Gasteiger partial charge in [-0.05, 0) is 17.7 Å². The molecule has 1 aromatic carbocycles. The highest BCUT2D eigenvalue weighted by Crippen LogP contribution is 2.06. The van der Waals surface area contributed by atoms with Crippen molar-refractivity contribution in [3.8, 4) is 6.07 Å². The topological polar surface area (TPSA) is 70.7 Å². The first kappa shape index (κ1) is 12.8. The second-order valence-corrected chi connectivity index (χ2v) is 3.91. The van der Waals surface area contributed by atoms with E-state index < -0.39 is 0 Å². The molecule has 0 saturated heterocycles. The molecule has 0 aliphatic rings. The van der Waals surface area contributed by atoms with Crippen molar-refractivity contribution in [1.29, 1.82) is 5.26 Å². The zero-order valence-corrected chi connectivity index (χ0v) is 10.0. The van der Waals surface area contributed by atoms with Gasteiger partial charge in [0.05, 0.1) is 12.5 Å². The molecule has 1 aromatic heterocycles. The van der Waals surface area contributed by atoms with Gasteiger partial charge in [0.15, 0.2) is 5.82 Å². The Balaban J connectivity index is 1.93. The standard InChI is InChI=1S/C13H11FN4O/c14-11-3-1-10(2-4-11)9-13(19)16-12-5-7-18(17-12)8-6-15/h1-5,7H,8-9H2,(H,16,17,19). The molecule has 0 saturated carbocycles. The molecule has 0 aliphatic heterocycles. The van der Waals surface area contributed by atoms with Crippen LogP contribution in [0.25, 0.3) is 0 Å². The van der Waals surface area contributed by atoms with Crippen molar-refractivity contribution in [3.63, 3.8) is 0 Å². The molecule has 2 rings (SSSR count). The SMILES string of the molecule is N#CCn1ccc(NC(=O)Cc2ccc(F)cc2)n1. The summed E-state index contributed by atoms with van der Waals surface area (Å²) in [6.07, 6.45) is 1.75. The Hall–Kier alpha value is -2.68. The Morgan fingerprint density at radius 3 is 2.79 bits per heavy atom. The zero-order valence-electron chi connectivity index (χ0n) is 10.0. The highest BCUT2D eigenvalue weighted by atomic mass is 19.1. The van der Waals surface area contributed by atoms with Gasteiger partial charge in [0.2, 0.25) is 5.91 Å². The Bertz CT molecular complexity index is 612. The molecule has 2 aromatic rings. The van der Waals surface area contributed by atoms with E-state index >= 15 is 0 Å². The van der Waals surface area contributed by atoms with Crippen LogP contribution in [0.3, 0.4) is 0 Å². The van der Waals surface area contributed by atoms with Crippen molar-refractivity contribution in [3.05, 3.63) is 47.9 Å². The summed E-state index contributed by atoms with van der Waals surface area (Å²) in [6, 6.07) is 9.30. The van der Waals surface area contributed by atoms with E-state index in [1.54, 1.807) is 24.4 Å². The lowest BCUT2D eigenvalue weighted by Gasteiger charge is -2.02. The van der Waals surface area contributed by atoms with Crippen LogP contribution in [0, 0.1) is 17.1 Å². The Morgan fingerprint density at radius 1 is 1.37 bits per heavy atom. The largest absolute Gasteiger partial charge is 0.309 e. The molecule has 19 heavy (non-hydrogen) atoms. The maximum atomic E-state index is 12.7. The number of amides is 1. The summed E-state index contributed by atoms with van der Waals surface area (Å²) in [5.41, 5.74) is 0.718. The van der Waals surface area contributed by atoms with Crippen LogP contribution in [0.1, 0.15) is 5.56 Å². The van der Waals surface area contributed by atoms with Gasteiger partial charge in [0.1, 0.15) is 12.4 Å². The zero-order chi connectivity index (χ0) is 13.7. The summed E-state index contributed by atoms with van der Waals surface area (Å²) in [4.78, 5) is 11.7. The van der Waals surface area contributed by atoms with Crippen molar-refractivity contribution >= 4 is 11.7 Å². The number of anilines is 1. The third-order valence-electron chi connectivity index (χ3n) is 2.42. The number of nitrogens with zero attached hydrogens (tertiary/aromatic N) is 3. The van der Waals surface area contributed by atoms with Crippen LogP contribution in [0.15, 0.2) is 36.5 Å². The number of benzene rings is 1. The number of aromatic nitrogens is 2. The molecule has 0 radical (unpaired) electrons. The van der Waals surface area contributed by atoms with E-state index in [0.717, 1.165) is 5.56 Å². The first-order chi connectivity index (χ1) is 9.17. The van der Waals surface area contributed by atoms with E-state index in [0.29, 0.717) is 5.82 Å². The van der Waals surface area contributed by atoms with Gasteiger partial charge >= 0.3 is 0 Å². The minimum atomic E-state index is -0.334. The van der Waals surface area contributed by atoms with Crippen molar-refractivity contribution in [1.82, 2.24) is 9.78 Å². The lowest BCUT2D eigenvalue weighted by molar-refractivity contribution is -0.115. The van der Waals surface area contributed by atoms with Crippen LogP contribution < -0.4 is 5.32 Å². The van der Waals surface area contributed by atoms with Gasteiger partial charge in [-0.15, -0.1) is 0 Å². The van der Waals surface area contributed by atoms with E-state index in [-0.39, 0.29) is 24.7 Å². The number of hydrogen-bond acceptors (Lipinski definition) is 3. The van der Waals surface area contributed by atoms with Crippen molar-refractivity contribution < 1.29 is 9.18 Å². The third kappa shape index (κ3) is 3.64. The van der Waals surface area contributed by atoms with Crippen molar-refractivity contribution in [2.24, 2.45) is 0 Å². The lowest BCUT2D eigenvalue weighted by Crippen LogP contribution is -2.15.